The van der Waals surface area contributed by atoms with Crippen LogP contribution < -0.4 is 4.31 Å². The Bertz CT molecular complexity index is 1470. The van der Waals surface area contributed by atoms with Crippen molar-refractivity contribution in [2.45, 2.75) is 70.4 Å². The molecule has 2 aromatic rings. The standard InChI is InChI=1S/C29H44FN5O13S/c1-18(2)27-24(28(20-7-9-21(30)10-8-20)32-29(31-27)33(4)49(5,43)44)12-11-22(36)15-23(37)16-26(38)46-14-6-13-45-17-25(48-35(41)42)19(3)47-34(39)40/h7-12,18-19,22-23,25,36-37,39-42H,6,13-17H2,1-5H3/b12-11+. The third-order valence-electron chi connectivity index (χ3n) is 6.80. The molecule has 1 aromatic carbocycles. The summed E-state index contributed by atoms with van der Waals surface area (Å²) < 4.78 is 49.5. The summed E-state index contributed by atoms with van der Waals surface area (Å²) in [5.41, 5.74) is 1.65. The molecule has 4 unspecified atom stereocenters. The fourth-order valence-electron chi connectivity index (χ4n) is 4.23. The summed E-state index contributed by atoms with van der Waals surface area (Å²) in [6, 6.07) is 5.42. The van der Waals surface area contributed by atoms with Crippen LogP contribution in [0.4, 0.5) is 10.3 Å². The van der Waals surface area contributed by atoms with Crippen LogP contribution in [-0.2, 0) is 34.0 Å². The predicted octanol–water partition coefficient (Wildman–Crippen LogP) is 2.05. The summed E-state index contributed by atoms with van der Waals surface area (Å²) in [6.45, 7) is 4.66. The van der Waals surface area contributed by atoms with Crippen molar-refractivity contribution >= 4 is 28.0 Å². The number of sulfonamides is 1. The van der Waals surface area contributed by atoms with Crippen molar-refractivity contribution in [1.29, 1.82) is 0 Å². The zero-order chi connectivity index (χ0) is 36.9. The lowest BCUT2D eigenvalue weighted by molar-refractivity contribution is -0.538. The van der Waals surface area contributed by atoms with Gasteiger partial charge in [0.05, 0.1) is 60.3 Å². The number of aliphatic hydroxyl groups excluding tert-OH is 2. The molecule has 20 heteroatoms. The minimum absolute atomic E-state index is 0.0260. The molecule has 4 atom stereocenters. The van der Waals surface area contributed by atoms with Gasteiger partial charge in [-0.05, 0) is 37.1 Å². The maximum absolute atomic E-state index is 13.7. The van der Waals surface area contributed by atoms with Crippen LogP contribution in [0.15, 0.2) is 30.3 Å². The van der Waals surface area contributed by atoms with Gasteiger partial charge in [-0.2, -0.15) is 0 Å². The van der Waals surface area contributed by atoms with Crippen molar-refractivity contribution in [2.24, 2.45) is 0 Å². The first-order valence-electron chi connectivity index (χ1n) is 15.0. The highest BCUT2D eigenvalue weighted by atomic mass is 32.2. The van der Waals surface area contributed by atoms with E-state index in [1.54, 1.807) is 0 Å². The first kappa shape index (κ1) is 41.9. The van der Waals surface area contributed by atoms with Gasteiger partial charge in [-0.25, -0.2) is 36.8 Å². The van der Waals surface area contributed by atoms with Gasteiger partial charge < -0.3 is 19.7 Å². The molecule has 1 aromatic heterocycles. The second-order valence-corrected chi connectivity index (χ2v) is 13.2. The number of benzene rings is 1. The summed E-state index contributed by atoms with van der Waals surface area (Å²) in [4.78, 5) is 30.3. The van der Waals surface area contributed by atoms with E-state index in [4.69, 9.17) is 30.3 Å². The summed E-state index contributed by atoms with van der Waals surface area (Å²) in [5, 5.41) is 55.0. The van der Waals surface area contributed by atoms with Gasteiger partial charge in [0.25, 0.3) is 0 Å². The van der Waals surface area contributed by atoms with Gasteiger partial charge in [0.15, 0.2) is 0 Å². The fourth-order valence-corrected chi connectivity index (χ4v) is 4.61. The number of nitrogens with zero attached hydrogens (tertiary/aromatic N) is 5. The van der Waals surface area contributed by atoms with E-state index >= 15 is 0 Å². The maximum atomic E-state index is 13.7. The Labute approximate surface area is 282 Å². The molecule has 0 spiro atoms. The molecular weight excluding hydrogens is 677 g/mol. The monoisotopic (exact) mass is 721 g/mol. The Morgan fingerprint density at radius 1 is 1.00 bits per heavy atom. The summed E-state index contributed by atoms with van der Waals surface area (Å²) in [6.07, 6.45) is -1.30. The van der Waals surface area contributed by atoms with Gasteiger partial charge in [-0.1, -0.05) is 26.0 Å². The number of esters is 1. The van der Waals surface area contributed by atoms with E-state index in [1.165, 1.54) is 50.4 Å². The predicted molar refractivity (Wildman–Crippen MR) is 168 cm³/mol. The summed E-state index contributed by atoms with van der Waals surface area (Å²) in [5.74, 6) is -1.55. The van der Waals surface area contributed by atoms with Crippen molar-refractivity contribution in [3.63, 3.8) is 0 Å². The van der Waals surface area contributed by atoms with Crippen LogP contribution in [0.2, 0.25) is 0 Å². The number of aliphatic hydroxyl groups is 2. The number of rotatable bonds is 21. The Kier molecular flexibility index (Phi) is 17.0. The molecule has 0 saturated carbocycles. The van der Waals surface area contributed by atoms with Crippen molar-refractivity contribution in [2.75, 3.05) is 37.4 Å². The fraction of sp³-hybridized carbons (Fsp3) is 0.552. The molecule has 1 heterocycles. The Balaban J connectivity index is 2.01. The lowest BCUT2D eigenvalue weighted by atomic mass is 9.97. The molecule has 0 radical (unpaired) electrons. The number of carbonyl (C=O) groups is 1. The average Bonchev–Trinajstić information content (AvgIpc) is 2.99. The van der Waals surface area contributed by atoms with E-state index in [2.05, 4.69) is 19.6 Å². The molecule has 0 aliphatic heterocycles. The molecule has 6 N–H and O–H groups in total. The molecule has 0 amide bonds. The largest absolute Gasteiger partial charge is 0.466 e. The Morgan fingerprint density at radius 2 is 1.63 bits per heavy atom. The maximum Gasteiger partial charge on any atom is 0.308 e. The van der Waals surface area contributed by atoms with Crippen molar-refractivity contribution < 1.29 is 67.8 Å². The number of carbonyl (C=O) groups excluding carboxylic acids is 1. The van der Waals surface area contributed by atoms with E-state index in [0.717, 1.165) is 10.6 Å². The molecular formula is C29H44FN5O13S. The number of ether oxygens (including phenoxy) is 2. The SMILES string of the molecule is CC(C)c1nc(N(C)S(C)(=O)=O)nc(-c2ccc(F)cc2)c1/C=C/C(O)CC(O)CC(=O)OCCCOCC(ON(O)O)C(C)ON(O)O. The second kappa shape index (κ2) is 19.8. The van der Waals surface area contributed by atoms with E-state index in [1.807, 2.05) is 13.8 Å². The third-order valence-corrected chi connectivity index (χ3v) is 7.96. The van der Waals surface area contributed by atoms with Crippen LogP contribution in [0.1, 0.15) is 57.2 Å². The molecule has 0 saturated heterocycles. The number of hydrogen-bond acceptors (Lipinski definition) is 17. The normalized spacial score (nSPS) is 14.8. The van der Waals surface area contributed by atoms with Gasteiger partial charge in [-0.3, -0.25) is 25.6 Å². The second-order valence-electron chi connectivity index (χ2n) is 11.2. The molecule has 0 aliphatic rings. The van der Waals surface area contributed by atoms with E-state index < -0.39 is 63.4 Å². The Morgan fingerprint density at radius 3 is 2.20 bits per heavy atom. The van der Waals surface area contributed by atoms with Crippen LogP contribution in [0, 0.1) is 5.82 Å². The van der Waals surface area contributed by atoms with Crippen LogP contribution in [0.25, 0.3) is 17.3 Å². The average molecular weight is 722 g/mol. The third kappa shape index (κ3) is 14.6. The first-order valence-corrected chi connectivity index (χ1v) is 16.8. The molecule has 0 aliphatic carbocycles. The van der Waals surface area contributed by atoms with Crippen LogP contribution >= 0.6 is 0 Å². The molecule has 0 bridgehead atoms. The van der Waals surface area contributed by atoms with Crippen molar-refractivity contribution in [1.82, 2.24) is 20.7 Å². The molecule has 18 nitrogen and oxygen atoms in total. The number of hydrogen-bond donors (Lipinski definition) is 6. The molecule has 0 fully saturated rings. The van der Waals surface area contributed by atoms with E-state index in [-0.39, 0.29) is 50.2 Å². The Hall–Kier alpha value is -3.25. The lowest BCUT2D eigenvalue weighted by Gasteiger charge is -2.24. The molecule has 2 rings (SSSR count). The minimum Gasteiger partial charge on any atom is -0.466 e. The number of aromatic nitrogens is 2. The van der Waals surface area contributed by atoms with Gasteiger partial charge in [0, 0.05) is 37.6 Å². The quantitative estimate of drug-likeness (QED) is 0.0613. The summed E-state index contributed by atoms with van der Waals surface area (Å²) >= 11 is 0. The summed E-state index contributed by atoms with van der Waals surface area (Å²) in [7, 11) is -2.40. The number of anilines is 1. The topological polar surface area (TPSA) is 245 Å². The van der Waals surface area contributed by atoms with E-state index in [9.17, 15) is 27.8 Å². The highest BCUT2D eigenvalue weighted by molar-refractivity contribution is 7.92. The van der Waals surface area contributed by atoms with Gasteiger partial charge >= 0.3 is 5.97 Å². The minimum atomic E-state index is -3.71. The van der Waals surface area contributed by atoms with Crippen LogP contribution in [-0.4, -0.2) is 124 Å². The lowest BCUT2D eigenvalue weighted by Crippen LogP contribution is -2.40. The van der Waals surface area contributed by atoms with Gasteiger partial charge in [0.1, 0.15) is 18.0 Å². The van der Waals surface area contributed by atoms with Crippen LogP contribution in [0.5, 0.6) is 0 Å². The molecule has 49 heavy (non-hydrogen) atoms. The number of halogens is 1. The zero-order valence-corrected chi connectivity index (χ0v) is 28.5. The van der Waals surface area contributed by atoms with Crippen molar-refractivity contribution in [3.05, 3.63) is 47.4 Å². The smallest absolute Gasteiger partial charge is 0.308 e. The first-order chi connectivity index (χ1) is 22.9. The van der Waals surface area contributed by atoms with Crippen molar-refractivity contribution in [3.8, 4) is 11.3 Å². The highest BCUT2D eigenvalue weighted by Crippen LogP contribution is 2.31. The molecule has 276 valence electrons. The van der Waals surface area contributed by atoms with Crippen LogP contribution in [0.3, 0.4) is 0 Å². The van der Waals surface area contributed by atoms with Gasteiger partial charge in [0.2, 0.25) is 16.0 Å². The zero-order valence-electron chi connectivity index (χ0n) is 27.7. The highest BCUT2D eigenvalue weighted by Gasteiger charge is 2.25. The van der Waals surface area contributed by atoms with Gasteiger partial charge in [-0.15, -0.1) is 0 Å². The van der Waals surface area contributed by atoms with E-state index in [0.29, 0.717) is 16.8 Å².